The van der Waals surface area contributed by atoms with Crippen molar-refractivity contribution in [3.63, 3.8) is 0 Å². The number of rotatable bonds is 4. The highest BCUT2D eigenvalue weighted by Gasteiger charge is 2.49. The summed E-state index contributed by atoms with van der Waals surface area (Å²) in [5.41, 5.74) is -1.37. The zero-order valence-corrected chi connectivity index (χ0v) is 10.7. The summed E-state index contributed by atoms with van der Waals surface area (Å²) < 4.78 is 4.94. The van der Waals surface area contributed by atoms with E-state index in [1.54, 1.807) is 6.92 Å². The third-order valence-corrected chi connectivity index (χ3v) is 3.82. The summed E-state index contributed by atoms with van der Waals surface area (Å²) in [5.74, 6) is -1.73. The van der Waals surface area contributed by atoms with Crippen LogP contribution in [0.15, 0.2) is 0 Å². The fraction of sp³-hybridized carbons (Fsp3) is 0.846. The highest BCUT2D eigenvalue weighted by molar-refractivity contribution is 5.99. The molecule has 1 rings (SSSR count). The summed E-state index contributed by atoms with van der Waals surface area (Å²) in [5, 5.41) is 9.37. The maximum absolute atomic E-state index is 11.9. The summed E-state index contributed by atoms with van der Waals surface area (Å²) in [6, 6.07) is 0. The molecule has 1 atom stereocenters. The standard InChI is InChI=1S/C13H22O4/c1-3-17-12(16)13(2,11(14)15)10-8-6-4-5-7-9-10/h10H,3-9H2,1-2H3,(H,14,15). The Balaban J connectivity index is 2.88. The molecule has 0 radical (unpaired) electrons. The van der Waals surface area contributed by atoms with Gasteiger partial charge in [-0.05, 0) is 32.6 Å². The van der Waals surface area contributed by atoms with Crippen molar-refractivity contribution in [2.24, 2.45) is 11.3 Å². The van der Waals surface area contributed by atoms with Gasteiger partial charge in [0.05, 0.1) is 6.61 Å². The van der Waals surface area contributed by atoms with Crippen molar-refractivity contribution in [3.05, 3.63) is 0 Å². The van der Waals surface area contributed by atoms with Gasteiger partial charge in [-0.15, -0.1) is 0 Å². The van der Waals surface area contributed by atoms with Crippen molar-refractivity contribution in [2.75, 3.05) is 6.61 Å². The van der Waals surface area contributed by atoms with Gasteiger partial charge in [-0.1, -0.05) is 25.7 Å². The molecule has 0 aromatic rings. The second kappa shape index (κ2) is 6.03. The van der Waals surface area contributed by atoms with Crippen molar-refractivity contribution in [2.45, 2.75) is 52.4 Å². The van der Waals surface area contributed by atoms with E-state index >= 15 is 0 Å². The van der Waals surface area contributed by atoms with Crippen LogP contribution in [0.1, 0.15) is 52.4 Å². The van der Waals surface area contributed by atoms with Gasteiger partial charge in [0, 0.05) is 0 Å². The monoisotopic (exact) mass is 242 g/mol. The zero-order valence-electron chi connectivity index (χ0n) is 10.7. The quantitative estimate of drug-likeness (QED) is 0.467. The van der Waals surface area contributed by atoms with Crippen LogP contribution in [0.4, 0.5) is 0 Å². The molecule has 4 heteroatoms. The Labute approximate surface area is 102 Å². The van der Waals surface area contributed by atoms with Gasteiger partial charge in [-0.3, -0.25) is 9.59 Å². The number of carbonyl (C=O) groups excluding carboxylic acids is 1. The normalized spacial score (nSPS) is 21.3. The van der Waals surface area contributed by atoms with E-state index in [1.807, 2.05) is 0 Å². The van der Waals surface area contributed by atoms with Gasteiger partial charge in [-0.25, -0.2) is 0 Å². The highest BCUT2D eigenvalue weighted by Crippen LogP contribution is 2.39. The second-order valence-electron chi connectivity index (χ2n) is 4.92. The number of ether oxygens (including phenoxy) is 1. The Bertz CT molecular complexity index is 279. The molecule has 1 N–H and O–H groups in total. The molecule has 1 aliphatic rings. The van der Waals surface area contributed by atoms with E-state index in [1.165, 1.54) is 6.92 Å². The Morgan fingerprint density at radius 3 is 2.18 bits per heavy atom. The van der Waals surface area contributed by atoms with Crippen molar-refractivity contribution in [3.8, 4) is 0 Å². The number of carboxylic acid groups (broad SMARTS) is 1. The largest absolute Gasteiger partial charge is 0.480 e. The van der Waals surface area contributed by atoms with Gasteiger partial charge in [-0.2, -0.15) is 0 Å². The first-order valence-corrected chi connectivity index (χ1v) is 6.44. The van der Waals surface area contributed by atoms with Crippen LogP contribution in [0, 0.1) is 11.3 Å². The predicted octanol–water partition coefficient (Wildman–Crippen LogP) is 2.61. The predicted molar refractivity (Wildman–Crippen MR) is 63.6 cm³/mol. The summed E-state index contributed by atoms with van der Waals surface area (Å²) in [7, 11) is 0. The molecule has 1 fully saturated rings. The average Bonchev–Trinajstić information content (AvgIpc) is 2.56. The first-order chi connectivity index (χ1) is 8.03. The number of aliphatic carboxylic acids is 1. The van der Waals surface area contributed by atoms with Crippen LogP contribution in [0.5, 0.6) is 0 Å². The Morgan fingerprint density at radius 2 is 1.76 bits per heavy atom. The minimum absolute atomic E-state index is 0.0958. The first kappa shape index (κ1) is 14.0. The van der Waals surface area contributed by atoms with Crippen LogP contribution in [-0.4, -0.2) is 23.7 Å². The lowest BCUT2D eigenvalue weighted by Crippen LogP contribution is -2.44. The molecule has 0 aromatic carbocycles. The molecule has 4 nitrogen and oxygen atoms in total. The summed E-state index contributed by atoms with van der Waals surface area (Å²) in [6.45, 7) is 3.45. The third-order valence-electron chi connectivity index (χ3n) is 3.82. The molecule has 1 aliphatic carbocycles. The molecule has 0 saturated heterocycles. The van der Waals surface area contributed by atoms with Crippen LogP contribution in [-0.2, 0) is 14.3 Å². The average molecular weight is 242 g/mol. The maximum atomic E-state index is 11.9. The molecule has 0 aliphatic heterocycles. The van der Waals surface area contributed by atoms with Crippen LogP contribution < -0.4 is 0 Å². The number of esters is 1. The number of carbonyl (C=O) groups is 2. The van der Waals surface area contributed by atoms with E-state index in [-0.39, 0.29) is 12.5 Å². The molecular formula is C13H22O4. The molecule has 1 saturated carbocycles. The van der Waals surface area contributed by atoms with Crippen LogP contribution in [0.25, 0.3) is 0 Å². The van der Waals surface area contributed by atoms with E-state index < -0.39 is 17.4 Å². The van der Waals surface area contributed by atoms with E-state index in [2.05, 4.69) is 0 Å². The molecule has 0 amide bonds. The number of hydrogen-bond acceptors (Lipinski definition) is 3. The topological polar surface area (TPSA) is 63.6 Å². The van der Waals surface area contributed by atoms with E-state index in [0.717, 1.165) is 38.5 Å². The van der Waals surface area contributed by atoms with Gasteiger partial charge in [0.1, 0.15) is 0 Å². The lowest BCUT2D eigenvalue weighted by atomic mass is 9.73. The van der Waals surface area contributed by atoms with Gasteiger partial charge in [0.25, 0.3) is 0 Å². The van der Waals surface area contributed by atoms with E-state index in [0.29, 0.717) is 0 Å². The Hall–Kier alpha value is -1.06. The Kier molecular flexibility index (Phi) is 4.97. The van der Waals surface area contributed by atoms with Gasteiger partial charge < -0.3 is 9.84 Å². The number of carboxylic acids is 1. The lowest BCUT2D eigenvalue weighted by molar-refractivity contribution is -0.172. The third kappa shape index (κ3) is 2.99. The zero-order chi connectivity index (χ0) is 12.9. The van der Waals surface area contributed by atoms with Gasteiger partial charge in [0.15, 0.2) is 5.41 Å². The molecule has 0 aromatic heterocycles. The molecule has 98 valence electrons. The minimum Gasteiger partial charge on any atom is -0.480 e. The lowest BCUT2D eigenvalue weighted by Gasteiger charge is -2.30. The molecule has 17 heavy (non-hydrogen) atoms. The molecule has 0 spiro atoms. The summed E-state index contributed by atoms with van der Waals surface area (Å²) in [4.78, 5) is 23.4. The molecular weight excluding hydrogens is 220 g/mol. The van der Waals surface area contributed by atoms with Gasteiger partial charge >= 0.3 is 11.9 Å². The van der Waals surface area contributed by atoms with Crippen molar-refractivity contribution >= 4 is 11.9 Å². The van der Waals surface area contributed by atoms with Crippen molar-refractivity contribution in [1.82, 2.24) is 0 Å². The van der Waals surface area contributed by atoms with Crippen LogP contribution in [0.3, 0.4) is 0 Å². The smallest absolute Gasteiger partial charge is 0.323 e. The van der Waals surface area contributed by atoms with Crippen LogP contribution in [0.2, 0.25) is 0 Å². The van der Waals surface area contributed by atoms with Crippen molar-refractivity contribution in [1.29, 1.82) is 0 Å². The number of hydrogen-bond donors (Lipinski definition) is 1. The summed E-state index contributed by atoms with van der Waals surface area (Å²) >= 11 is 0. The second-order valence-corrected chi connectivity index (χ2v) is 4.92. The van der Waals surface area contributed by atoms with Crippen molar-refractivity contribution < 1.29 is 19.4 Å². The van der Waals surface area contributed by atoms with E-state index in [4.69, 9.17) is 4.74 Å². The fourth-order valence-electron chi connectivity index (χ4n) is 2.57. The molecule has 1 unspecified atom stereocenters. The van der Waals surface area contributed by atoms with Crippen LogP contribution >= 0.6 is 0 Å². The Morgan fingerprint density at radius 1 is 1.24 bits per heavy atom. The minimum atomic E-state index is -1.37. The highest BCUT2D eigenvalue weighted by atomic mass is 16.5. The maximum Gasteiger partial charge on any atom is 0.323 e. The SMILES string of the molecule is CCOC(=O)C(C)(C(=O)O)C1CCCCCC1. The molecule has 0 heterocycles. The van der Waals surface area contributed by atoms with Gasteiger partial charge in [0.2, 0.25) is 0 Å². The summed E-state index contributed by atoms with van der Waals surface area (Å²) in [6.07, 6.45) is 5.90. The first-order valence-electron chi connectivity index (χ1n) is 6.44. The fourth-order valence-corrected chi connectivity index (χ4v) is 2.57. The van der Waals surface area contributed by atoms with E-state index in [9.17, 15) is 14.7 Å². The molecule has 0 bridgehead atoms.